The van der Waals surface area contributed by atoms with E-state index < -0.39 is 0 Å². The molecule has 2 N–H and O–H groups in total. The van der Waals surface area contributed by atoms with Gasteiger partial charge in [0.15, 0.2) is 0 Å². The lowest BCUT2D eigenvalue weighted by Gasteiger charge is -2.58. The maximum absolute atomic E-state index is 13.7. The summed E-state index contributed by atoms with van der Waals surface area (Å²) >= 11 is 0. The molecule has 198 valence electrons. The molecule has 0 radical (unpaired) electrons. The van der Waals surface area contributed by atoms with Crippen molar-refractivity contribution in [2.24, 2.45) is 28.6 Å². The van der Waals surface area contributed by atoms with Crippen molar-refractivity contribution in [3.63, 3.8) is 0 Å². The third-order valence-electron chi connectivity index (χ3n) is 11.5. The van der Waals surface area contributed by atoms with Crippen LogP contribution in [0.3, 0.4) is 0 Å². The zero-order chi connectivity index (χ0) is 25.8. The first kappa shape index (κ1) is 25.3. The van der Waals surface area contributed by atoms with E-state index in [-0.39, 0.29) is 35.3 Å². The standard InChI is InChI=1S/C34H43FO2/c1-33-18-15-25(37)21-23(33)9-12-29-31-14-13-30(34(31,2)19-16-32(29)33)28-6-4-3-5-27(28)26(17-20-36)22-7-10-24(35)11-8-22/h3-11,25-26,29-32,36-37H,12-21H2,1-2H3/t25-,26?,29-,30+,31-,32-,33-,34+/m0/s1. The summed E-state index contributed by atoms with van der Waals surface area (Å²) < 4.78 is 13.7. The largest absolute Gasteiger partial charge is 0.396 e. The fourth-order valence-corrected chi connectivity index (χ4v) is 9.62. The van der Waals surface area contributed by atoms with Gasteiger partial charge in [-0.2, -0.15) is 0 Å². The minimum absolute atomic E-state index is 0.0774. The van der Waals surface area contributed by atoms with E-state index in [9.17, 15) is 14.6 Å². The number of benzene rings is 2. The average Bonchev–Trinajstić information content (AvgIpc) is 3.25. The second-order valence-electron chi connectivity index (χ2n) is 13.1. The quantitative estimate of drug-likeness (QED) is 0.410. The number of halogens is 1. The number of hydrogen-bond acceptors (Lipinski definition) is 2. The van der Waals surface area contributed by atoms with E-state index in [1.54, 1.807) is 17.7 Å². The van der Waals surface area contributed by atoms with Gasteiger partial charge in [-0.3, -0.25) is 0 Å². The lowest BCUT2D eigenvalue weighted by Crippen LogP contribution is -2.50. The van der Waals surface area contributed by atoms with Crippen molar-refractivity contribution in [1.82, 2.24) is 0 Å². The third-order valence-corrected chi connectivity index (χ3v) is 11.5. The van der Waals surface area contributed by atoms with Crippen LogP contribution in [-0.2, 0) is 0 Å². The fraction of sp³-hybridized carbons (Fsp3) is 0.588. The van der Waals surface area contributed by atoms with Gasteiger partial charge in [0.2, 0.25) is 0 Å². The molecule has 0 heterocycles. The Hall–Kier alpha value is -1.97. The molecule has 3 heteroatoms. The van der Waals surface area contributed by atoms with Gasteiger partial charge in [0, 0.05) is 12.5 Å². The highest BCUT2D eigenvalue weighted by Gasteiger charge is 2.59. The van der Waals surface area contributed by atoms with Crippen LogP contribution >= 0.6 is 0 Å². The summed E-state index contributed by atoms with van der Waals surface area (Å²) in [5.41, 5.74) is 5.95. The fourth-order valence-electron chi connectivity index (χ4n) is 9.62. The molecular formula is C34H43FO2. The number of fused-ring (bicyclic) bond motifs is 5. The topological polar surface area (TPSA) is 40.5 Å². The van der Waals surface area contributed by atoms with E-state index in [0.717, 1.165) is 42.6 Å². The number of aliphatic hydroxyl groups excluding tert-OH is 2. The van der Waals surface area contributed by atoms with Gasteiger partial charge in [-0.25, -0.2) is 4.39 Å². The number of allylic oxidation sites excluding steroid dienone is 1. The first-order valence-corrected chi connectivity index (χ1v) is 14.7. The van der Waals surface area contributed by atoms with Crippen LogP contribution in [0.2, 0.25) is 0 Å². The zero-order valence-corrected chi connectivity index (χ0v) is 22.5. The zero-order valence-electron chi connectivity index (χ0n) is 22.5. The summed E-state index contributed by atoms with van der Waals surface area (Å²) in [5.74, 6) is 2.59. The second kappa shape index (κ2) is 9.65. The SMILES string of the molecule is C[C@]12CC[C@H]3[C@@H](CC=C4C[C@@H](O)CC[C@@]43C)[C@@H]1CC[C@@H]2c1ccccc1C(CCO)c1ccc(F)cc1. The molecule has 2 aromatic carbocycles. The molecule has 37 heavy (non-hydrogen) atoms. The lowest BCUT2D eigenvalue weighted by molar-refractivity contribution is -0.0410. The molecular weight excluding hydrogens is 459 g/mol. The van der Waals surface area contributed by atoms with Crippen molar-refractivity contribution in [2.75, 3.05) is 6.61 Å². The minimum Gasteiger partial charge on any atom is -0.396 e. The van der Waals surface area contributed by atoms with Crippen molar-refractivity contribution in [2.45, 2.75) is 89.6 Å². The highest BCUT2D eigenvalue weighted by Crippen LogP contribution is 2.68. The Kier molecular flexibility index (Phi) is 6.60. The summed E-state index contributed by atoms with van der Waals surface area (Å²) in [6, 6.07) is 15.8. The Balaban J connectivity index is 1.33. The third kappa shape index (κ3) is 4.12. The van der Waals surface area contributed by atoms with E-state index in [1.807, 2.05) is 12.1 Å². The van der Waals surface area contributed by atoms with Crippen LogP contribution in [0.1, 0.15) is 100 Å². The van der Waals surface area contributed by atoms with Crippen molar-refractivity contribution in [1.29, 1.82) is 0 Å². The molecule has 0 saturated heterocycles. The van der Waals surface area contributed by atoms with Crippen LogP contribution in [-0.4, -0.2) is 22.9 Å². The van der Waals surface area contributed by atoms with Crippen LogP contribution in [0.15, 0.2) is 60.2 Å². The van der Waals surface area contributed by atoms with Gasteiger partial charge < -0.3 is 10.2 Å². The van der Waals surface area contributed by atoms with Crippen LogP contribution in [0.5, 0.6) is 0 Å². The predicted octanol–water partition coefficient (Wildman–Crippen LogP) is 7.75. The molecule has 4 aliphatic rings. The first-order chi connectivity index (χ1) is 17.8. The van der Waals surface area contributed by atoms with Crippen molar-refractivity contribution >= 4 is 0 Å². The number of hydrogen-bond donors (Lipinski definition) is 2. The van der Waals surface area contributed by atoms with Crippen LogP contribution in [0, 0.1) is 34.4 Å². The first-order valence-electron chi connectivity index (χ1n) is 14.7. The Morgan fingerprint density at radius 1 is 0.946 bits per heavy atom. The van der Waals surface area contributed by atoms with Crippen LogP contribution < -0.4 is 0 Å². The molecule has 8 atom stereocenters. The Labute approximate surface area is 222 Å². The van der Waals surface area contributed by atoms with Gasteiger partial charge in [-0.05, 0) is 121 Å². The lowest BCUT2D eigenvalue weighted by atomic mass is 9.47. The maximum Gasteiger partial charge on any atom is 0.123 e. The molecule has 0 aliphatic heterocycles. The summed E-state index contributed by atoms with van der Waals surface area (Å²) in [6.07, 6.45) is 12.3. The van der Waals surface area contributed by atoms with Crippen LogP contribution in [0.25, 0.3) is 0 Å². The molecule has 0 aromatic heterocycles. The van der Waals surface area contributed by atoms with E-state index in [0.29, 0.717) is 12.3 Å². The molecule has 0 spiro atoms. The van der Waals surface area contributed by atoms with Gasteiger partial charge in [-0.1, -0.05) is 61.9 Å². The van der Waals surface area contributed by atoms with Gasteiger partial charge >= 0.3 is 0 Å². The van der Waals surface area contributed by atoms with E-state index in [2.05, 4.69) is 44.2 Å². The van der Waals surface area contributed by atoms with E-state index in [4.69, 9.17) is 0 Å². The highest BCUT2D eigenvalue weighted by atomic mass is 19.1. The normalized spacial score (nSPS) is 37.8. The molecule has 6 rings (SSSR count). The Morgan fingerprint density at radius 3 is 2.51 bits per heavy atom. The number of rotatable bonds is 5. The van der Waals surface area contributed by atoms with Crippen molar-refractivity contribution in [3.05, 3.63) is 82.7 Å². The molecule has 0 bridgehead atoms. The Bertz CT molecular complexity index is 1150. The average molecular weight is 503 g/mol. The van der Waals surface area contributed by atoms with E-state index in [1.165, 1.54) is 43.2 Å². The molecule has 4 aliphatic carbocycles. The van der Waals surface area contributed by atoms with E-state index >= 15 is 0 Å². The monoisotopic (exact) mass is 502 g/mol. The minimum atomic E-state index is -0.214. The molecule has 2 nitrogen and oxygen atoms in total. The van der Waals surface area contributed by atoms with Crippen molar-refractivity contribution in [3.8, 4) is 0 Å². The van der Waals surface area contributed by atoms with Crippen molar-refractivity contribution < 1.29 is 14.6 Å². The highest BCUT2D eigenvalue weighted by molar-refractivity contribution is 5.42. The summed E-state index contributed by atoms with van der Waals surface area (Å²) in [6.45, 7) is 5.20. The smallest absolute Gasteiger partial charge is 0.123 e. The van der Waals surface area contributed by atoms with Gasteiger partial charge in [-0.15, -0.1) is 0 Å². The molecule has 3 fully saturated rings. The summed E-state index contributed by atoms with van der Waals surface area (Å²) in [7, 11) is 0. The molecule has 1 unspecified atom stereocenters. The maximum atomic E-state index is 13.7. The van der Waals surface area contributed by atoms with Crippen LogP contribution in [0.4, 0.5) is 4.39 Å². The molecule has 3 saturated carbocycles. The molecule has 0 amide bonds. The summed E-state index contributed by atoms with van der Waals surface area (Å²) in [5, 5.41) is 20.3. The summed E-state index contributed by atoms with van der Waals surface area (Å²) in [4.78, 5) is 0. The predicted molar refractivity (Wildman–Crippen MR) is 147 cm³/mol. The van der Waals surface area contributed by atoms with Gasteiger partial charge in [0.05, 0.1) is 6.10 Å². The Morgan fingerprint density at radius 2 is 1.73 bits per heavy atom. The molecule has 2 aromatic rings. The van der Waals surface area contributed by atoms with Gasteiger partial charge in [0.1, 0.15) is 5.82 Å². The number of aliphatic hydroxyl groups is 2. The second-order valence-corrected chi connectivity index (χ2v) is 13.1. The van der Waals surface area contributed by atoms with Gasteiger partial charge in [0.25, 0.3) is 0 Å².